The Morgan fingerprint density at radius 3 is 2.95 bits per heavy atom. The number of nitrogens with zero attached hydrogens (tertiary/aromatic N) is 1. The van der Waals surface area contributed by atoms with Crippen molar-refractivity contribution in [3.8, 4) is 0 Å². The van der Waals surface area contributed by atoms with Crippen molar-refractivity contribution in [1.29, 1.82) is 0 Å². The molecule has 1 aromatic carbocycles. The van der Waals surface area contributed by atoms with Crippen molar-refractivity contribution < 1.29 is 4.39 Å². The third kappa shape index (κ3) is 3.23. The van der Waals surface area contributed by atoms with Crippen LogP contribution in [0.1, 0.15) is 26.3 Å². The molecule has 1 aromatic heterocycles. The van der Waals surface area contributed by atoms with E-state index >= 15 is 0 Å². The standard InChI is InChI=1S/C13H16BrFN2S2/c1-3-19-5-4-8(2)17-12-6-9(14)10(15)7-11(12)16-13(17)18/h6-8H,3-5H2,1-2H3,(H,16,18). The summed E-state index contributed by atoms with van der Waals surface area (Å²) in [6.07, 6.45) is 1.05. The third-order valence-electron chi connectivity index (χ3n) is 3.08. The van der Waals surface area contributed by atoms with Gasteiger partial charge in [-0.15, -0.1) is 0 Å². The average Bonchev–Trinajstić information content (AvgIpc) is 2.65. The summed E-state index contributed by atoms with van der Waals surface area (Å²) in [4.78, 5) is 3.08. The molecule has 1 atom stereocenters. The van der Waals surface area contributed by atoms with E-state index in [0.29, 0.717) is 15.3 Å². The minimum absolute atomic E-state index is 0.273. The predicted octanol–water partition coefficient (Wildman–Crippen LogP) is 5.30. The molecule has 2 aromatic rings. The molecule has 2 rings (SSSR count). The number of nitrogens with one attached hydrogen (secondary N) is 1. The van der Waals surface area contributed by atoms with Crippen molar-refractivity contribution in [3.05, 3.63) is 27.2 Å². The van der Waals surface area contributed by atoms with Gasteiger partial charge < -0.3 is 9.55 Å². The van der Waals surface area contributed by atoms with Gasteiger partial charge in [0.1, 0.15) is 5.82 Å². The summed E-state index contributed by atoms with van der Waals surface area (Å²) in [6, 6.07) is 3.58. The molecule has 0 bridgehead atoms. The van der Waals surface area contributed by atoms with Crippen molar-refractivity contribution >= 4 is 50.9 Å². The number of aromatic nitrogens is 2. The van der Waals surface area contributed by atoms with Gasteiger partial charge in [0.05, 0.1) is 15.5 Å². The maximum Gasteiger partial charge on any atom is 0.178 e. The highest BCUT2D eigenvalue weighted by atomic mass is 79.9. The molecular formula is C13H16BrFN2S2. The van der Waals surface area contributed by atoms with Crippen molar-refractivity contribution in [2.45, 2.75) is 26.3 Å². The Hall–Kier alpha value is -0.330. The highest BCUT2D eigenvalue weighted by molar-refractivity contribution is 9.10. The largest absolute Gasteiger partial charge is 0.330 e. The summed E-state index contributed by atoms with van der Waals surface area (Å²) in [5.41, 5.74) is 1.70. The van der Waals surface area contributed by atoms with Crippen LogP contribution in [0.2, 0.25) is 0 Å². The first kappa shape index (κ1) is 15.1. The first-order valence-corrected chi connectivity index (χ1v) is 8.57. The summed E-state index contributed by atoms with van der Waals surface area (Å²) in [7, 11) is 0. The Bertz CT molecular complexity index is 635. The van der Waals surface area contributed by atoms with E-state index < -0.39 is 0 Å². The van der Waals surface area contributed by atoms with E-state index in [0.717, 1.165) is 29.0 Å². The van der Waals surface area contributed by atoms with Gasteiger partial charge in [0.15, 0.2) is 4.77 Å². The van der Waals surface area contributed by atoms with Crippen LogP contribution < -0.4 is 0 Å². The SMILES string of the molecule is CCSCCC(C)n1c(=S)[nH]c2cc(F)c(Br)cc21. The van der Waals surface area contributed by atoms with E-state index in [4.69, 9.17) is 12.2 Å². The number of benzene rings is 1. The lowest BCUT2D eigenvalue weighted by molar-refractivity contribution is 0.542. The van der Waals surface area contributed by atoms with Crippen LogP contribution in [0.25, 0.3) is 11.0 Å². The Morgan fingerprint density at radius 2 is 2.26 bits per heavy atom. The van der Waals surface area contributed by atoms with E-state index in [1.165, 1.54) is 6.07 Å². The fourth-order valence-electron chi connectivity index (χ4n) is 2.09. The first-order chi connectivity index (χ1) is 9.04. The van der Waals surface area contributed by atoms with E-state index in [9.17, 15) is 4.39 Å². The molecule has 19 heavy (non-hydrogen) atoms. The minimum atomic E-state index is -0.273. The molecule has 6 heteroatoms. The molecule has 0 saturated heterocycles. The lowest BCUT2D eigenvalue weighted by atomic mass is 10.2. The minimum Gasteiger partial charge on any atom is -0.330 e. The van der Waals surface area contributed by atoms with Gasteiger partial charge in [-0.2, -0.15) is 11.8 Å². The molecular weight excluding hydrogens is 347 g/mol. The zero-order valence-electron chi connectivity index (χ0n) is 10.9. The number of H-pyrrole nitrogens is 1. The van der Waals surface area contributed by atoms with Crippen LogP contribution >= 0.6 is 39.9 Å². The molecule has 1 unspecified atom stereocenters. The number of thioether (sulfide) groups is 1. The summed E-state index contributed by atoms with van der Waals surface area (Å²) >= 11 is 10.5. The van der Waals surface area contributed by atoms with E-state index in [-0.39, 0.29) is 5.82 Å². The number of aromatic amines is 1. The molecule has 0 fully saturated rings. The second-order valence-electron chi connectivity index (χ2n) is 4.42. The molecule has 104 valence electrons. The maximum atomic E-state index is 13.5. The molecule has 0 aliphatic rings. The normalized spacial score (nSPS) is 13.1. The molecule has 0 aliphatic heterocycles. The Balaban J connectivity index is 2.39. The number of hydrogen-bond donors (Lipinski definition) is 1. The molecule has 0 saturated carbocycles. The van der Waals surface area contributed by atoms with Crippen molar-refractivity contribution in [2.75, 3.05) is 11.5 Å². The van der Waals surface area contributed by atoms with Gasteiger partial charge in [-0.1, -0.05) is 6.92 Å². The van der Waals surface area contributed by atoms with Gasteiger partial charge in [-0.3, -0.25) is 0 Å². The van der Waals surface area contributed by atoms with Crippen molar-refractivity contribution in [3.63, 3.8) is 0 Å². The smallest absolute Gasteiger partial charge is 0.178 e. The van der Waals surface area contributed by atoms with Gasteiger partial charge in [0.2, 0.25) is 0 Å². The molecule has 0 aliphatic carbocycles. The quantitative estimate of drug-likeness (QED) is 0.574. The lowest BCUT2D eigenvalue weighted by Gasteiger charge is -2.14. The van der Waals surface area contributed by atoms with Crippen LogP contribution in [0, 0.1) is 10.6 Å². The second kappa shape index (κ2) is 6.41. The number of fused-ring (bicyclic) bond motifs is 1. The molecule has 1 N–H and O–H groups in total. The summed E-state index contributed by atoms with van der Waals surface area (Å²) < 4.78 is 16.7. The van der Waals surface area contributed by atoms with E-state index in [2.05, 4.69) is 39.3 Å². The van der Waals surface area contributed by atoms with E-state index in [1.54, 1.807) is 6.07 Å². The first-order valence-electron chi connectivity index (χ1n) is 6.21. The predicted molar refractivity (Wildman–Crippen MR) is 87.1 cm³/mol. The summed E-state index contributed by atoms with van der Waals surface area (Å²) in [6.45, 7) is 4.31. The van der Waals surface area contributed by atoms with Gasteiger partial charge in [0.25, 0.3) is 0 Å². The monoisotopic (exact) mass is 362 g/mol. The fraction of sp³-hybridized carbons (Fsp3) is 0.462. The van der Waals surface area contributed by atoms with Gasteiger partial charge in [-0.25, -0.2) is 4.39 Å². The topological polar surface area (TPSA) is 20.7 Å². The molecule has 0 spiro atoms. The van der Waals surface area contributed by atoms with Crippen molar-refractivity contribution in [2.24, 2.45) is 0 Å². The van der Waals surface area contributed by atoms with Gasteiger partial charge >= 0.3 is 0 Å². The summed E-state index contributed by atoms with van der Waals surface area (Å²) in [5.74, 6) is 1.96. The Kier molecular flexibility index (Phi) is 5.09. The van der Waals surface area contributed by atoms with E-state index in [1.807, 2.05) is 11.8 Å². The number of halogens is 2. The number of imidazole rings is 1. The number of rotatable bonds is 5. The highest BCUT2D eigenvalue weighted by Crippen LogP contribution is 2.27. The Morgan fingerprint density at radius 1 is 1.53 bits per heavy atom. The fourth-order valence-corrected chi connectivity index (χ4v) is 3.60. The lowest BCUT2D eigenvalue weighted by Crippen LogP contribution is -2.06. The maximum absolute atomic E-state index is 13.5. The van der Waals surface area contributed by atoms with Crippen LogP contribution in [0.4, 0.5) is 4.39 Å². The Labute approximate surface area is 129 Å². The van der Waals surface area contributed by atoms with Crippen molar-refractivity contribution in [1.82, 2.24) is 9.55 Å². The molecule has 2 nitrogen and oxygen atoms in total. The zero-order chi connectivity index (χ0) is 14.0. The molecule has 0 radical (unpaired) electrons. The molecule has 1 heterocycles. The van der Waals surface area contributed by atoms with Crippen LogP contribution in [-0.2, 0) is 0 Å². The van der Waals surface area contributed by atoms with Crippen LogP contribution in [0.3, 0.4) is 0 Å². The number of hydrogen-bond acceptors (Lipinski definition) is 2. The summed E-state index contributed by atoms with van der Waals surface area (Å²) in [5, 5.41) is 0. The zero-order valence-corrected chi connectivity index (χ0v) is 14.1. The molecule has 0 amide bonds. The van der Waals surface area contributed by atoms with Gasteiger partial charge in [0, 0.05) is 12.1 Å². The average molecular weight is 363 g/mol. The van der Waals surface area contributed by atoms with Crippen LogP contribution in [0.15, 0.2) is 16.6 Å². The third-order valence-corrected chi connectivity index (χ3v) is 4.92. The van der Waals surface area contributed by atoms with Crippen LogP contribution in [0.5, 0.6) is 0 Å². The van der Waals surface area contributed by atoms with Gasteiger partial charge in [-0.05, 0) is 59.1 Å². The highest BCUT2D eigenvalue weighted by Gasteiger charge is 2.13. The second-order valence-corrected chi connectivity index (χ2v) is 7.05. The van der Waals surface area contributed by atoms with Crippen LogP contribution in [-0.4, -0.2) is 21.1 Å².